The van der Waals surface area contributed by atoms with Crippen molar-refractivity contribution in [2.75, 3.05) is 6.54 Å². The number of benzene rings is 2. The predicted molar refractivity (Wildman–Crippen MR) is 109 cm³/mol. The van der Waals surface area contributed by atoms with E-state index in [1.807, 2.05) is 18.2 Å². The topological polar surface area (TPSA) is 112 Å². The molecule has 2 aromatic carbocycles. The van der Waals surface area contributed by atoms with Crippen molar-refractivity contribution in [1.29, 1.82) is 0 Å². The lowest BCUT2D eigenvalue weighted by Gasteiger charge is -2.11. The van der Waals surface area contributed by atoms with E-state index in [1.165, 1.54) is 12.1 Å². The number of imidazole rings is 1. The fourth-order valence-corrected chi connectivity index (χ4v) is 4.13. The molecular weight excluding hydrogens is 409 g/mol. The van der Waals surface area contributed by atoms with Crippen LogP contribution >= 0.6 is 0 Å². The minimum absolute atomic E-state index is 0.00221. The summed E-state index contributed by atoms with van der Waals surface area (Å²) in [5, 5.41) is 8.96. The Hall–Kier alpha value is -3.04. The smallest absolute Gasteiger partial charge is 0.303 e. The summed E-state index contributed by atoms with van der Waals surface area (Å²) >= 11 is 0. The Bertz CT molecular complexity index is 1100. The quantitative estimate of drug-likeness (QED) is 0.457. The molecular formula is C21H22FN3O4S. The lowest BCUT2D eigenvalue weighted by Crippen LogP contribution is -2.26. The highest BCUT2D eigenvalue weighted by atomic mass is 32.2. The monoisotopic (exact) mass is 431 g/mol. The summed E-state index contributed by atoms with van der Waals surface area (Å²) in [5.74, 6) is -0.593. The first-order valence-electron chi connectivity index (χ1n) is 9.39. The molecule has 3 N–H and O–H groups in total. The van der Waals surface area contributed by atoms with E-state index >= 15 is 0 Å². The van der Waals surface area contributed by atoms with Crippen LogP contribution in [-0.2, 0) is 34.1 Å². The third kappa shape index (κ3) is 6.23. The molecule has 0 bridgehead atoms. The molecule has 0 saturated heterocycles. The number of nitrogens with one attached hydrogen (secondary N) is 2. The highest BCUT2D eigenvalue weighted by Gasteiger charge is 2.13. The minimum Gasteiger partial charge on any atom is -0.481 e. The molecule has 9 heteroatoms. The van der Waals surface area contributed by atoms with E-state index in [0.717, 1.165) is 34.6 Å². The van der Waals surface area contributed by atoms with E-state index in [4.69, 9.17) is 5.11 Å². The van der Waals surface area contributed by atoms with Gasteiger partial charge in [-0.3, -0.25) is 4.79 Å². The molecule has 0 fully saturated rings. The number of rotatable bonds is 10. The van der Waals surface area contributed by atoms with Gasteiger partial charge in [-0.15, -0.1) is 0 Å². The summed E-state index contributed by atoms with van der Waals surface area (Å²) in [4.78, 5) is 18.2. The van der Waals surface area contributed by atoms with Crippen molar-refractivity contribution in [1.82, 2.24) is 14.7 Å². The number of aryl methyl sites for hydroxylation is 1. The van der Waals surface area contributed by atoms with Gasteiger partial charge >= 0.3 is 5.97 Å². The molecule has 0 spiro atoms. The SMILES string of the molecule is O=C(O)CCc1cc(CCNS(=O)(=O)c2ccc(F)cc2)cc(Cc2ncc[nH]2)c1. The number of aromatic amines is 1. The average molecular weight is 431 g/mol. The highest BCUT2D eigenvalue weighted by molar-refractivity contribution is 7.89. The number of sulfonamides is 1. The maximum absolute atomic E-state index is 13.0. The van der Waals surface area contributed by atoms with E-state index < -0.39 is 21.8 Å². The van der Waals surface area contributed by atoms with Crippen LogP contribution in [0.3, 0.4) is 0 Å². The van der Waals surface area contributed by atoms with Gasteiger partial charge in [0.15, 0.2) is 0 Å². The van der Waals surface area contributed by atoms with Crippen LogP contribution in [0.2, 0.25) is 0 Å². The van der Waals surface area contributed by atoms with Crippen molar-refractivity contribution >= 4 is 16.0 Å². The van der Waals surface area contributed by atoms with Gasteiger partial charge in [0, 0.05) is 31.8 Å². The van der Waals surface area contributed by atoms with Crippen molar-refractivity contribution in [3.05, 3.63) is 83.2 Å². The van der Waals surface area contributed by atoms with Gasteiger partial charge in [0.05, 0.1) is 4.90 Å². The Kier molecular flexibility index (Phi) is 6.96. The van der Waals surface area contributed by atoms with Crippen LogP contribution in [-0.4, -0.2) is 36.0 Å². The number of carbonyl (C=O) groups is 1. The number of hydrogen-bond donors (Lipinski definition) is 3. The lowest BCUT2D eigenvalue weighted by molar-refractivity contribution is -0.136. The minimum atomic E-state index is -3.74. The van der Waals surface area contributed by atoms with Crippen LogP contribution in [0.15, 0.2) is 59.8 Å². The Balaban J connectivity index is 1.70. The molecule has 0 radical (unpaired) electrons. The number of nitrogens with zero attached hydrogens (tertiary/aromatic N) is 1. The maximum Gasteiger partial charge on any atom is 0.303 e. The molecule has 0 atom stereocenters. The van der Waals surface area contributed by atoms with Gasteiger partial charge in [0.25, 0.3) is 0 Å². The van der Waals surface area contributed by atoms with Gasteiger partial charge in [-0.25, -0.2) is 22.5 Å². The molecule has 0 amide bonds. The van der Waals surface area contributed by atoms with Gasteiger partial charge < -0.3 is 10.1 Å². The summed E-state index contributed by atoms with van der Waals surface area (Å²) in [7, 11) is -3.74. The van der Waals surface area contributed by atoms with Crippen molar-refractivity contribution in [3.63, 3.8) is 0 Å². The van der Waals surface area contributed by atoms with Gasteiger partial charge in [-0.1, -0.05) is 18.2 Å². The third-order valence-corrected chi connectivity index (χ3v) is 5.97. The summed E-state index contributed by atoms with van der Waals surface area (Å²) < 4.78 is 40.2. The third-order valence-electron chi connectivity index (χ3n) is 4.50. The molecule has 0 unspecified atom stereocenters. The number of aliphatic carboxylic acids is 1. The summed E-state index contributed by atoms with van der Waals surface area (Å²) in [6.45, 7) is 0.155. The van der Waals surface area contributed by atoms with E-state index in [-0.39, 0.29) is 17.9 Å². The first-order valence-corrected chi connectivity index (χ1v) is 10.9. The Morgan fingerprint density at radius 1 is 1.07 bits per heavy atom. The second-order valence-corrected chi connectivity index (χ2v) is 8.63. The summed E-state index contributed by atoms with van der Waals surface area (Å²) in [6, 6.07) is 10.4. The van der Waals surface area contributed by atoms with Crippen LogP contribution in [0.4, 0.5) is 4.39 Å². The largest absolute Gasteiger partial charge is 0.481 e. The van der Waals surface area contributed by atoms with E-state index in [2.05, 4.69) is 14.7 Å². The predicted octanol–water partition coefficient (Wildman–Crippen LogP) is 2.68. The molecule has 158 valence electrons. The fraction of sp³-hybridized carbons (Fsp3) is 0.238. The molecule has 0 aliphatic rings. The van der Waals surface area contributed by atoms with Gasteiger partial charge in [-0.2, -0.15) is 0 Å². The Labute approximate surface area is 174 Å². The Morgan fingerprint density at radius 2 is 1.73 bits per heavy atom. The normalized spacial score (nSPS) is 11.5. The van der Waals surface area contributed by atoms with Crippen LogP contribution in [0, 0.1) is 5.82 Å². The number of aromatic nitrogens is 2. The van der Waals surface area contributed by atoms with Crippen molar-refractivity contribution in [2.24, 2.45) is 0 Å². The van der Waals surface area contributed by atoms with Crippen molar-refractivity contribution in [2.45, 2.75) is 30.6 Å². The zero-order valence-electron chi connectivity index (χ0n) is 16.1. The standard InChI is InChI=1S/C21H22FN3O4S/c22-18-2-4-19(5-3-18)30(28,29)25-8-7-16-11-15(1-6-21(26)27)12-17(13-16)14-20-23-9-10-24-20/h2-5,9-13,25H,1,6-8,14H2,(H,23,24)(H,26,27). The average Bonchev–Trinajstić information content (AvgIpc) is 3.19. The molecule has 1 heterocycles. The molecule has 30 heavy (non-hydrogen) atoms. The van der Waals surface area contributed by atoms with Gasteiger partial charge in [0.2, 0.25) is 10.0 Å². The van der Waals surface area contributed by atoms with E-state index in [9.17, 15) is 17.6 Å². The van der Waals surface area contributed by atoms with Crippen LogP contribution in [0.5, 0.6) is 0 Å². The van der Waals surface area contributed by atoms with Crippen LogP contribution < -0.4 is 4.72 Å². The molecule has 0 aliphatic heterocycles. The zero-order chi connectivity index (χ0) is 21.6. The first-order chi connectivity index (χ1) is 14.3. The Morgan fingerprint density at radius 3 is 2.37 bits per heavy atom. The van der Waals surface area contributed by atoms with Gasteiger partial charge in [-0.05, 0) is 53.8 Å². The van der Waals surface area contributed by atoms with Crippen LogP contribution in [0.1, 0.15) is 28.9 Å². The number of carboxylic acids is 1. The number of carboxylic acid groups (broad SMARTS) is 1. The molecule has 0 aliphatic carbocycles. The van der Waals surface area contributed by atoms with Gasteiger partial charge in [0.1, 0.15) is 11.6 Å². The van der Waals surface area contributed by atoms with Crippen LogP contribution in [0.25, 0.3) is 0 Å². The highest BCUT2D eigenvalue weighted by Crippen LogP contribution is 2.16. The number of H-pyrrole nitrogens is 1. The molecule has 3 aromatic rings. The second-order valence-electron chi connectivity index (χ2n) is 6.87. The first kappa shape index (κ1) is 21.7. The maximum atomic E-state index is 13.0. The molecule has 3 rings (SSSR count). The van der Waals surface area contributed by atoms with Crippen molar-refractivity contribution < 1.29 is 22.7 Å². The molecule has 0 saturated carbocycles. The second kappa shape index (κ2) is 9.64. The summed E-state index contributed by atoms with van der Waals surface area (Å²) in [6.07, 6.45) is 4.77. The number of halogens is 1. The zero-order valence-corrected chi connectivity index (χ0v) is 17.0. The summed E-state index contributed by atoms with van der Waals surface area (Å²) in [5.41, 5.74) is 2.73. The molecule has 1 aromatic heterocycles. The van der Waals surface area contributed by atoms with E-state index in [1.54, 1.807) is 12.4 Å². The fourth-order valence-electron chi connectivity index (χ4n) is 3.10. The lowest BCUT2D eigenvalue weighted by atomic mass is 9.99. The number of hydrogen-bond acceptors (Lipinski definition) is 4. The molecule has 7 nitrogen and oxygen atoms in total. The van der Waals surface area contributed by atoms with E-state index in [0.29, 0.717) is 19.3 Å². The van der Waals surface area contributed by atoms with Crippen molar-refractivity contribution in [3.8, 4) is 0 Å².